The number of aromatic nitrogens is 3. The molecule has 6 nitrogen and oxygen atoms in total. The number of benzene rings is 2. The zero-order valence-electron chi connectivity index (χ0n) is 12.0. The monoisotopic (exact) mass is 296 g/mol. The standard InChI is InChI=1S/C16H16N4O2/c1-22-13-7-5-10(6-8-13)14(17)16-18-15(19-20-16)11-3-2-4-12(21)9-11/h2-9,14,21H,17H2,1H3,(H,18,19,20). The van der Waals surface area contributed by atoms with Crippen molar-refractivity contribution in [2.75, 3.05) is 7.11 Å². The van der Waals surface area contributed by atoms with Crippen LogP contribution in [0.5, 0.6) is 11.5 Å². The summed E-state index contributed by atoms with van der Waals surface area (Å²) in [4.78, 5) is 4.41. The number of H-pyrrole nitrogens is 1. The Morgan fingerprint density at radius 3 is 2.64 bits per heavy atom. The molecule has 1 atom stereocenters. The molecule has 0 amide bonds. The first-order valence-corrected chi connectivity index (χ1v) is 6.78. The summed E-state index contributed by atoms with van der Waals surface area (Å²) in [5, 5.41) is 16.5. The summed E-state index contributed by atoms with van der Waals surface area (Å²) in [7, 11) is 1.62. The number of aromatic hydroxyl groups is 1. The van der Waals surface area contributed by atoms with Crippen LogP contribution < -0.4 is 10.5 Å². The van der Waals surface area contributed by atoms with Crippen LogP contribution in [-0.4, -0.2) is 27.4 Å². The Morgan fingerprint density at radius 2 is 1.95 bits per heavy atom. The highest BCUT2D eigenvalue weighted by molar-refractivity contribution is 5.57. The Labute approximate surface area is 127 Å². The maximum atomic E-state index is 9.52. The highest BCUT2D eigenvalue weighted by atomic mass is 16.5. The number of phenols is 1. The van der Waals surface area contributed by atoms with Crippen molar-refractivity contribution in [1.29, 1.82) is 0 Å². The lowest BCUT2D eigenvalue weighted by Gasteiger charge is -2.09. The molecule has 112 valence electrons. The van der Waals surface area contributed by atoms with E-state index in [0.29, 0.717) is 11.6 Å². The molecule has 0 aliphatic heterocycles. The first kappa shape index (κ1) is 14.1. The molecule has 0 saturated carbocycles. The molecule has 4 N–H and O–H groups in total. The average molecular weight is 296 g/mol. The van der Waals surface area contributed by atoms with Crippen LogP contribution in [0.15, 0.2) is 48.5 Å². The molecular weight excluding hydrogens is 280 g/mol. The molecule has 0 saturated heterocycles. The first-order chi connectivity index (χ1) is 10.7. The van der Waals surface area contributed by atoms with E-state index in [0.717, 1.165) is 16.9 Å². The van der Waals surface area contributed by atoms with Crippen molar-refractivity contribution in [2.24, 2.45) is 5.73 Å². The molecule has 0 aliphatic rings. The maximum absolute atomic E-state index is 9.52. The second-order valence-corrected chi connectivity index (χ2v) is 4.85. The summed E-state index contributed by atoms with van der Waals surface area (Å²) in [5.41, 5.74) is 7.83. The number of ether oxygens (including phenoxy) is 1. The lowest BCUT2D eigenvalue weighted by molar-refractivity contribution is 0.414. The van der Waals surface area contributed by atoms with Crippen LogP contribution >= 0.6 is 0 Å². The van der Waals surface area contributed by atoms with Crippen molar-refractivity contribution in [3.8, 4) is 22.9 Å². The molecule has 0 bridgehead atoms. The largest absolute Gasteiger partial charge is 0.508 e. The molecule has 1 aromatic heterocycles. The van der Waals surface area contributed by atoms with Gasteiger partial charge in [-0.05, 0) is 29.8 Å². The van der Waals surface area contributed by atoms with E-state index in [-0.39, 0.29) is 5.75 Å². The molecule has 3 rings (SSSR count). The molecule has 0 spiro atoms. The van der Waals surface area contributed by atoms with Gasteiger partial charge in [0, 0.05) is 5.56 Å². The second kappa shape index (κ2) is 5.87. The number of hydrogen-bond donors (Lipinski definition) is 3. The molecule has 0 radical (unpaired) electrons. The first-order valence-electron chi connectivity index (χ1n) is 6.78. The molecule has 3 aromatic rings. The topological polar surface area (TPSA) is 97.1 Å². The van der Waals surface area contributed by atoms with Crippen LogP contribution in [0.1, 0.15) is 17.4 Å². The van der Waals surface area contributed by atoms with E-state index in [1.54, 1.807) is 25.3 Å². The predicted octanol–water partition coefficient (Wildman–Crippen LogP) is 2.23. The lowest BCUT2D eigenvalue weighted by atomic mass is 10.1. The van der Waals surface area contributed by atoms with Crippen LogP contribution in [0, 0.1) is 0 Å². The Balaban J connectivity index is 1.86. The van der Waals surface area contributed by atoms with Crippen molar-refractivity contribution >= 4 is 0 Å². The number of rotatable bonds is 4. The van der Waals surface area contributed by atoms with Gasteiger partial charge in [-0.2, -0.15) is 5.10 Å². The molecular formula is C16H16N4O2. The maximum Gasteiger partial charge on any atom is 0.181 e. The van der Waals surface area contributed by atoms with Gasteiger partial charge in [0.2, 0.25) is 0 Å². The Bertz CT molecular complexity index is 768. The van der Waals surface area contributed by atoms with Crippen molar-refractivity contribution < 1.29 is 9.84 Å². The number of nitrogens with zero attached hydrogens (tertiary/aromatic N) is 2. The number of aromatic amines is 1. The number of nitrogens with two attached hydrogens (primary N) is 1. The Hall–Kier alpha value is -2.86. The zero-order valence-corrected chi connectivity index (χ0v) is 12.0. The van der Waals surface area contributed by atoms with Gasteiger partial charge in [0.15, 0.2) is 5.82 Å². The minimum absolute atomic E-state index is 0.170. The van der Waals surface area contributed by atoms with Crippen molar-refractivity contribution in [3.05, 3.63) is 59.9 Å². The van der Waals surface area contributed by atoms with Crippen LogP contribution in [0.2, 0.25) is 0 Å². The van der Waals surface area contributed by atoms with E-state index in [4.69, 9.17) is 10.5 Å². The van der Waals surface area contributed by atoms with Crippen molar-refractivity contribution in [1.82, 2.24) is 15.2 Å². The molecule has 1 unspecified atom stereocenters. The fourth-order valence-electron chi connectivity index (χ4n) is 2.16. The Kier molecular flexibility index (Phi) is 3.76. The number of nitrogens with one attached hydrogen (secondary N) is 1. The minimum atomic E-state index is -0.413. The van der Waals surface area contributed by atoms with Crippen molar-refractivity contribution in [2.45, 2.75) is 6.04 Å². The smallest absolute Gasteiger partial charge is 0.181 e. The van der Waals surface area contributed by atoms with Crippen LogP contribution in [0.3, 0.4) is 0 Å². The number of hydrogen-bond acceptors (Lipinski definition) is 5. The molecule has 1 heterocycles. The summed E-state index contributed by atoms with van der Waals surface area (Å²) in [6.07, 6.45) is 0. The molecule has 22 heavy (non-hydrogen) atoms. The summed E-state index contributed by atoms with van der Waals surface area (Å²) in [5.74, 6) is 2.00. The van der Waals surface area contributed by atoms with Gasteiger partial charge in [-0.15, -0.1) is 0 Å². The second-order valence-electron chi connectivity index (χ2n) is 4.85. The van der Waals surface area contributed by atoms with Gasteiger partial charge in [0.25, 0.3) is 0 Å². The highest BCUT2D eigenvalue weighted by Gasteiger charge is 2.15. The molecule has 0 fully saturated rings. The van der Waals surface area contributed by atoms with E-state index in [1.165, 1.54) is 0 Å². The summed E-state index contributed by atoms with van der Waals surface area (Å²) in [6, 6.07) is 13.8. The van der Waals surface area contributed by atoms with Gasteiger partial charge in [-0.25, -0.2) is 4.98 Å². The fourth-order valence-corrected chi connectivity index (χ4v) is 2.16. The van der Waals surface area contributed by atoms with E-state index >= 15 is 0 Å². The van der Waals surface area contributed by atoms with Gasteiger partial charge in [0.1, 0.15) is 17.3 Å². The van der Waals surface area contributed by atoms with Crippen LogP contribution in [0.25, 0.3) is 11.4 Å². The zero-order chi connectivity index (χ0) is 15.5. The lowest BCUT2D eigenvalue weighted by Crippen LogP contribution is -2.13. The molecule has 6 heteroatoms. The summed E-state index contributed by atoms with van der Waals surface area (Å²) < 4.78 is 5.13. The number of phenolic OH excluding ortho intramolecular Hbond substituents is 1. The Morgan fingerprint density at radius 1 is 1.18 bits per heavy atom. The van der Waals surface area contributed by atoms with E-state index in [1.807, 2.05) is 30.3 Å². The number of methoxy groups -OCH3 is 1. The van der Waals surface area contributed by atoms with Gasteiger partial charge in [0.05, 0.1) is 13.2 Å². The predicted molar refractivity (Wildman–Crippen MR) is 82.5 cm³/mol. The van der Waals surface area contributed by atoms with E-state index in [2.05, 4.69) is 15.2 Å². The third-order valence-corrected chi connectivity index (χ3v) is 3.38. The normalized spacial score (nSPS) is 12.1. The minimum Gasteiger partial charge on any atom is -0.508 e. The van der Waals surface area contributed by atoms with Crippen molar-refractivity contribution in [3.63, 3.8) is 0 Å². The van der Waals surface area contributed by atoms with Crippen LogP contribution in [-0.2, 0) is 0 Å². The van der Waals surface area contributed by atoms with Crippen LogP contribution in [0.4, 0.5) is 0 Å². The van der Waals surface area contributed by atoms with E-state index in [9.17, 15) is 5.11 Å². The van der Waals surface area contributed by atoms with Gasteiger partial charge >= 0.3 is 0 Å². The SMILES string of the molecule is COc1ccc(C(N)c2nc(-c3cccc(O)c3)n[nH]2)cc1. The van der Waals surface area contributed by atoms with Gasteiger partial charge in [-0.1, -0.05) is 24.3 Å². The summed E-state index contributed by atoms with van der Waals surface area (Å²) >= 11 is 0. The third kappa shape index (κ3) is 2.77. The third-order valence-electron chi connectivity index (χ3n) is 3.38. The van der Waals surface area contributed by atoms with Gasteiger partial charge in [-0.3, -0.25) is 5.10 Å². The molecule has 2 aromatic carbocycles. The van der Waals surface area contributed by atoms with Gasteiger partial charge < -0.3 is 15.6 Å². The highest BCUT2D eigenvalue weighted by Crippen LogP contribution is 2.23. The van der Waals surface area contributed by atoms with E-state index < -0.39 is 6.04 Å². The average Bonchev–Trinajstić information content (AvgIpc) is 3.04. The summed E-state index contributed by atoms with van der Waals surface area (Å²) in [6.45, 7) is 0. The molecule has 0 aliphatic carbocycles. The quantitative estimate of drug-likeness (QED) is 0.686. The fraction of sp³-hybridized carbons (Fsp3) is 0.125.